The van der Waals surface area contributed by atoms with Gasteiger partial charge in [-0.05, 0) is 98.2 Å². The molecular weight excluding hydrogens is 380 g/mol. The number of epoxide rings is 1. The first kappa shape index (κ1) is 22.5. The van der Waals surface area contributed by atoms with Crippen LogP contribution in [0.4, 0.5) is 0 Å². The monoisotopic (exact) mass is 428 g/mol. The van der Waals surface area contributed by atoms with Crippen LogP contribution in [-0.2, 0) is 4.74 Å². The molecule has 5 fully saturated rings. The molecule has 0 bridgehead atoms. The van der Waals surface area contributed by atoms with E-state index in [0.717, 1.165) is 48.3 Å². The van der Waals surface area contributed by atoms with Crippen molar-refractivity contribution in [1.82, 2.24) is 0 Å². The highest BCUT2D eigenvalue weighted by Crippen LogP contribution is 2.74. The van der Waals surface area contributed by atoms with E-state index in [0.29, 0.717) is 22.9 Å². The van der Waals surface area contributed by atoms with Gasteiger partial charge in [0.25, 0.3) is 0 Å². The zero-order valence-corrected chi connectivity index (χ0v) is 21.1. The number of rotatable bonds is 5. The Hall–Kier alpha value is -0.340. The van der Waals surface area contributed by atoms with E-state index in [1.54, 1.807) is 0 Å². The van der Waals surface area contributed by atoms with E-state index < -0.39 is 0 Å². The summed E-state index contributed by atoms with van der Waals surface area (Å²) in [6.07, 6.45) is 16.7. The van der Waals surface area contributed by atoms with Crippen molar-refractivity contribution in [3.8, 4) is 0 Å². The van der Waals surface area contributed by atoms with Crippen LogP contribution in [0.3, 0.4) is 0 Å². The molecule has 4 saturated carbocycles. The third-order valence-corrected chi connectivity index (χ3v) is 11.8. The number of hydrogen-bond donors (Lipinski definition) is 1. The molecule has 5 rings (SSSR count). The summed E-state index contributed by atoms with van der Waals surface area (Å²) < 4.78 is 6.52. The molecular formula is C29H48O2. The van der Waals surface area contributed by atoms with Crippen molar-refractivity contribution < 1.29 is 9.84 Å². The third-order valence-electron chi connectivity index (χ3n) is 11.8. The second-order valence-corrected chi connectivity index (χ2v) is 13.2. The van der Waals surface area contributed by atoms with Gasteiger partial charge in [0.1, 0.15) is 5.60 Å². The molecule has 4 aliphatic carbocycles. The predicted molar refractivity (Wildman–Crippen MR) is 128 cm³/mol. The zero-order chi connectivity index (χ0) is 22.2. The summed E-state index contributed by atoms with van der Waals surface area (Å²) in [5.74, 6) is 5.54. The van der Waals surface area contributed by atoms with Crippen molar-refractivity contribution in [2.45, 2.75) is 117 Å². The van der Waals surface area contributed by atoms with Crippen LogP contribution in [0.1, 0.15) is 99.3 Å². The number of fused-ring (bicyclic) bond motifs is 4. The molecule has 1 heterocycles. The Kier molecular flexibility index (Phi) is 5.50. The fourth-order valence-electron chi connectivity index (χ4n) is 9.84. The van der Waals surface area contributed by atoms with Crippen LogP contribution < -0.4 is 0 Å². The second-order valence-electron chi connectivity index (χ2n) is 13.2. The van der Waals surface area contributed by atoms with E-state index >= 15 is 0 Å². The number of aliphatic hydroxyl groups is 1. The summed E-state index contributed by atoms with van der Waals surface area (Å²) in [6, 6.07) is 0. The van der Waals surface area contributed by atoms with Crippen LogP contribution in [0.5, 0.6) is 0 Å². The molecule has 2 nitrogen and oxygen atoms in total. The largest absolute Gasteiger partial charge is 0.393 e. The lowest BCUT2D eigenvalue weighted by Gasteiger charge is -2.59. The van der Waals surface area contributed by atoms with Gasteiger partial charge >= 0.3 is 0 Å². The van der Waals surface area contributed by atoms with Gasteiger partial charge in [0.05, 0.1) is 12.2 Å². The Morgan fingerprint density at radius 3 is 2.48 bits per heavy atom. The Bertz CT molecular complexity index is 714. The first-order valence-corrected chi connectivity index (χ1v) is 13.7. The summed E-state index contributed by atoms with van der Waals surface area (Å²) in [5, 5.41) is 10.4. The first-order valence-electron chi connectivity index (χ1n) is 13.7. The molecule has 1 spiro atoms. The maximum atomic E-state index is 10.4. The standard InChI is InChI=1S/C29H48O2/c1-7-20(18(2)3)9-8-19(4)23-10-11-24-22-16-26-29(31-26)17-21(30)12-15-28(29,6)25(22)13-14-27(23,24)5/h8-9,18-26,30H,7,10-17H2,1-6H3/b9-8+/t19-,20-,21+,22+,23-,24+,25+,26-,27-,28-,29-/m1/s1. The lowest BCUT2D eigenvalue weighted by Crippen LogP contribution is -2.58. The molecule has 5 aliphatic rings. The predicted octanol–water partition coefficient (Wildman–Crippen LogP) is 7.01. The lowest BCUT2D eigenvalue weighted by molar-refractivity contribution is -0.115. The van der Waals surface area contributed by atoms with E-state index in [-0.39, 0.29) is 11.7 Å². The summed E-state index contributed by atoms with van der Waals surface area (Å²) in [6.45, 7) is 14.8. The van der Waals surface area contributed by atoms with Crippen LogP contribution in [0, 0.1) is 52.3 Å². The van der Waals surface area contributed by atoms with Crippen LogP contribution in [0.25, 0.3) is 0 Å². The van der Waals surface area contributed by atoms with Gasteiger partial charge in [-0.3, -0.25) is 0 Å². The quantitative estimate of drug-likeness (QED) is 0.377. The fraction of sp³-hybridized carbons (Fsp3) is 0.931. The van der Waals surface area contributed by atoms with Crippen molar-refractivity contribution in [2.75, 3.05) is 0 Å². The number of aliphatic hydroxyl groups excluding tert-OH is 1. The van der Waals surface area contributed by atoms with Gasteiger partial charge in [-0.25, -0.2) is 0 Å². The van der Waals surface area contributed by atoms with Crippen LogP contribution in [0.15, 0.2) is 12.2 Å². The molecule has 11 atom stereocenters. The van der Waals surface area contributed by atoms with E-state index in [9.17, 15) is 5.11 Å². The van der Waals surface area contributed by atoms with Crippen LogP contribution >= 0.6 is 0 Å². The first-order chi connectivity index (χ1) is 14.7. The van der Waals surface area contributed by atoms with Gasteiger partial charge in [0, 0.05) is 11.8 Å². The highest BCUT2D eigenvalue weighted by atomic mass is 16.6. The number of allylic oxidation sites excluding steroid dienone is 2. The molecule has 2 heteroatoms. The maximum absolute atomic E-state index is 10.4. The smallest absolute Gasteiger partial charge is 0.103 e. The van der Waals surface area contributed by atoms with E-state index in [4.69, 9.17) is 4.74 Å². The van der Waals surface area contributed by atoms with Gasteiger partial charge in [-0.2, -0.15) is 0 Å². The Labute approximate surface area is 191 Å². The highest BCUT2D eigenvalue weighted by Gasteiger charge is 2.76. The van der Waals surface area contributed by atoms with Gasteiger partial charge in [0.15, 0.2) is 0 Å². The summed E-state index contributed by atoms with van der Waals surface area (Å²) in [7, 11) is 0. The second kappa shape index (κ2) is 7.59. The molecule has 0 unspecified atom stereocenters. The normalized spacial score (nSPS) is 52.9. The molecule has 1 N–H and O–H groups in total. The minimum Gasteiger partial charge on any atom is -0.393 e. The van der Waals surface area contributed by atoms with Crippen molar-refractivity contribution in [1.29, 1.82) is 0 Å². The van der Waals surface area contributed by atoms with Gasteiger partial charge in [-0.15, -0.1) is 0 Å². The Morgan fingerprint density at radius 1 is 1.00 bits per heavy atom. The van der Waals surface area contributed by atoms with E-state index in [2.05, 4.69) is 53.7 Å². The Balaban J connectivity index is 1.35. The molecule has 1 aliphatic heterocycles. The van der Waals surface area contributed by atoms with E-state index in [1.807, 2.05) is 0 Å². The summed E-state index contributed by atoms with van der Waals surface area (Å²) in [5.41, 5.74) is 0.833. The fourth-order valence-corrected chi connectivity index (χ4v) is 9.84. The summed E-state index contributed by atoms with van der Waals surface area (Å²) >= 11 is 0. The SMILES string of the molecule is CC[C@H](/C=C/[C@@H](C)[C@H]1CC[C@H]2[C@@H]3C[C@H]4O[C@]45C[C@@H](O)CC[C@]5(C)[C@H]3CC[C@]12C)C(C)C. The zero-order valence-electron chi connectivity index (χ0n) is 21.1. The molecule has 176 valence electrons. The molecule has 0 radical (unpaired) electrons. The molecule has 0 aromatic carbocycles. The number of hydrogen-bond acceptors (Lipinski definition) is 2. The summed E-state index contributed by atoms with van der Waals surface area (Å²) in [4.78, 5) is 0. The molecule has 0 amide bonds. The van der Waals surface area contributed by atoms with Crippen molar-refractivity contribution in [2.24, 2.45) is 52.3 Å². The van der Waals surface area contributed by atoms with E-state index in [1.165, 1.54) is 44.9 Å². The highest BCUT2D eigenvalue weighted by molar-refractivity contribution is 5.24. The topological polar surface area (TPSA) is 32.8 Å². The minimum atomic E-state index is -0.134. The average molecular weight is 429 g/mol. The van der Waals surface area contributed by atoms with Crippen molar-refractivity contribution in [3.63, 3.8) is 0 Å². The molecule has 0 aromatic heterocycles. The number of ether oxygens (including phenoxy) is 1. The van der Waals surface area contributed by atoms with Crippen LogP contribution in [0.2, 0.25) is 0 Å². The van der Waals surface area contributed by atoms with Crippen LogP contribution in [-0.4, -0.2) is 22.9 Å². The molecule has 0 aromatic rings. The minimum absolute atomic E-state index is 0.0274. The lowest BCUT2D eigenvalue weighted by atomic mass is 9.44. The molecule has 1 saturated heterocycles. The van der Waals surface area contributed by atoms with Gasteiger partial charge in [0.2, 0.25) is 0 Å². The van der Waals surface area contributed by atoms with Crippen molar-refractivity contribution in [3.05, 3.63) is 12.2 Å². The van der Waals surface area contributed by atoms with Crippen molar-refractivity contribution >= 4 is 0 Å². The third kappa shape index (κ3) is 3.17. The average Bonchev–Trinajstić information content (AvgIpc) is 3.29. The molecule has 31 heavy (non-hydrogen) atoms. The maximum Gasteiger partial charge on any atom is 0.103 e. The van der Waals surface area contributed by atoms with Gasteiger partial charge in [-0.1, -0.05) is 53.7 Å². The van der Waals surface area contributed by atoms with Gasteiger partial charge < -0.3 is 9.84 Å². The Morgan fingerprint density at radius 2 is 1.77 bits per heavy atom.